The number of nitrogens with two attached hydrogens (primary N) is 1. The molecular weight excluding hydrogens is 297 g/mol. The molecule has 0 saturated heterocycles. The maximum atomic E-state index is 11.6. The summed E-state index contributed by atoms with van der Waals surface area (Å²) in [5.74, 6) is -0.360. The number of ether oxygens (including phenoxy) is 1. The first kappa shape index (κ1) is 15.4. The van der Waals surface area contributed by atoms with Crippen LogP contribution in [-0.2, 0) is 11.3 Å². The molecule has 0 bridgehead atoms. The number of aromatic nitrogens is 2. The Kier molecular flexibility index (Phi) is 6.62. The van der Waals surface area contributed by atoms with Crippen LogP contribution >= 0.6 is 28.3 Å². The number of hydrogen-bond acceptors (Lipinski definition) is 4. The highest BCUT2D eigenvalue weighted by Gasteiger charge is 2.19. The molecule has 0 atom stereocenters. The van der Waals surface area contributed by atoms with Crippen molar-refractivity contribution < 1.29 is 9.53 Å². The van der Waals surface area contributed by atoms with Crippen LogP contribution in [0, 0.1) is 6.92 Å². The number of nitrogens with zero attached hydrogens (tertiary/aromatic N) is 2. The lowest BCUT2D eigenvalue weighted by Gasteiger charge is -2.05. The van der Waals surface area contributed by atoms with E-state index in [1.54, 1.807) is 11.6 Å². The summed E-state index contributed by atoms with van der Waals surface area (Å²) in [4.78, 5) is 11.6. The fraction of sp³-hybridized carbons (Fsp3) is 0.556. The van der Waals surface area contributed by atoms with Gasteiger partial charge in [-0.3, -0.25) is 4.68 Å². The molecule has 16 heavy (non-hydrogen) atoms. The van der Waals surface area contributed by atoms with Gasteiger partial charge in [0.1, 0.15) is 4.60 Å². The Labute approximate surface area is 109 Å². The molecule has 2 N–H and O–H groups in total. The largest absolute Gasteiger partial charge is 0.461 e. The Hall–Kier alpha value is -0.590. The monoisotopic (exact) mass is 311 g/mol. The third kappa shape index (κ3) is 3.20. The van der Waals surface area contributed by atoms with Crippen LogP contribution in [0.4, 0.5) is 0 Å². The van der Waals surface area contributed by atoms with Crippen molar-refractivity contribution in [1.82, 2.24) is 9.78 Å². The van der Waals surface area contributed by atoms with E-state index in [0.717, 1.165) is 5.56 Å². The number of esters is 1. The summed E-state index contributed by atoms with van der Waals surface area (Å²) in [5, 5.41) is 4.16. The van der Waals surface area contributed by atoms with Crippen molar-refractivity contribution in [3.05, 3.63) is 15.9 Å². The molecule has 0 saturated carbocycles. The molecule has 92 valence electrons. The standard InChI is InChI=1S/C9H14BrN3O2.ClH/c1-3-15-9(14)7-6(2)8(10)12-13(7)5-4-11;/h3-5,11H2,1-2H3;1H. The summed E-state index contributed by atoms with van der Waals surface area (Å²) < 4.78 is 7.17. The lowest BCUT2D eigenvalue weighted by Crippen LogP contribution is -2.18. The van der Waals surface area contributed by atoms with E-state index < -0.39 is 0 Å². The van der Waals surface area contributed by atoms with Gasteiger partial charge in [-0.1, -0.05) is 0 Å². The van der Waals surface area contributed by atoms with Crippen LogP contribution in [-0.4, -0.2) is 28.9 Å². The molecular formula is C9H15BrClN3O2. The van der Waals surface area contributed by atoms with Crippen molar-refractivity contribution in [3.8, 4) is 0 Å². The predicted molar refractivity (Wildman–Crippen MR) is 66.9 cm³/mol. The molecule has 1 rings (SSSR count). The zero-order chi connectivity index (χ0) is 11.4. The van der Waals surface area contributed by atoms with Crippen LogP contribution in [0.15, 0.2) is 4.60 Å². The highest BCUT2D eigenvalue weighted by Crippen LogP contribution is 2.19. The van der Waals surface area contributed by atoms with Crippen molar-refractivity contribution >= 4 is 34.3 Å². The van der Waals surface area contributed by atoms with Gasteiger partial charge in [-0.2, -0.15) is 5.10 Å². The van der Waals surface area contributed by atoms with Crippen LogP contribution in [0.5, 0.6) is 0 Å². The van der Waals surface area contributed by atoms with Gasteiger partial charge >= 0.3 is 5.97 Å². The van der Waals surface area contributed by atoms with E-state index in [2.05, 4.69) is 21.0 Å². The van der Waals surface area contributed by atoms with Crippen molar-refractivity contribution in [1.29, 1.82) is 0 Å². The molecule has 0 spiro atoms. The molecule has 1 aromatic heterocycles. The maximum absolute atomic E-state index is 11.6. The summed E-state index contributed by atoms with van der Waals surface area (Å²) >= 11 is 3.28. The van der Waals surface area contributed by atoms with Crippen LogP contribution in [0.25, 0.3) is 0 Å². The Balaban J connectivity index is 0.00000225. The highest BCUT2D eigenvalue weighted by atomic mass is 79.9. The number of rotatable bonds is 4. The summed E-state index contributed by atoms with van der Waals surface area (Å²) in [7, 11) is 0. The van der Waals surface area contributed by atoms with Gasteiger partial charge in [0.25, 0.3) is 0 Å². The molecule has 0 aliphatic rings. The Bertz CT molecular complexity index is 368. The molecule has 0 aliphatic heterocycles. The number of hydrogen-bond donors (Lipinski definition) is 1. The average molecular weight is 313 g/mol. The van der Waals surface area contributed by atoms with Crippen molar-refractivity contribution in [3.63, 3.8) is 0 Å². The SMILES string of the molecule is CCOC(=O)c1c(C)c(Br)nn1CCN.Cl. The normalized spacial score (nSPS) is 9.75. The molecule has 0 unspecified atom stereocenters. The second kappa shape index (κ2) is 6.88. The zero-order valence-corrected chi connectivity index (χ0v) is 11.6. The van der Waals surface area contributed by atoms with Crippen LogP contribution in [0.3, 0.4) is 0 Å². The number of carbonyl (C=O) groups excluding carboxylic acids is 1. The van der Waals surface area contributed by atoms with Gasteiger partial charge < -0.3 is 10.5 Å². The van der Waals surface area contributed by atoms with Gasteiger partial charge in [-0.15, -0.1) is 12.4 Å². The minimum atomic E-state index is -0.360. The van der Waals surface area contributed by atoms with Crippen LogP contribution < -0.4 is 5.73 Å². The first-order chi connectivity index (χ1) is 7.11. The van der Waals surface area contributed by atoms with E-state index in [-0.39, 0.29) is 18.4 Å². The van der Waals surface area contributed by atoms with Crippen LogP contribution in [0.1, 0.15) is 23.0 Å². The second-order valence-corrected chi connectivity index (χ2v) is 3.75. The molecule has 0 radical (unpaired) electrons. The summed E-state index contributed by atoms with van der Waals surface area (Å²) in [6.45, 7) is 4.87. The van der Waals surface area contributed by atoms with Crippen molar-refractivity contribution in [2.24, 2.45) is 5.73 Å². The van der Waals surface area contributed by atoms with Gasteiger partial charge in [0, 0.05) is 12.1 Å². The quantitative estimate of drug-likeness (QED) is 0.856. The summed E-state index contributed by atoms with van der Waals surface area (Å²) in [6, 6.07) is 0. The molecule has 0 aromatic carbocycles. The minimum absolute atomic E-state index is 0. The molecule has 1 heterocycles. The maximum Gasteiger partial charge on any atom is 0.356 e. The molecule has 5 nitrogen and oxygen atoms in total. The summed E-state index contributed by atoms with van der Waals surface area (Å²) in [5.41, 5.74) is 6.68. The molecule has 0 fully saturated rings. The first-order valence-corrected chi connectivity index (χ1v) is 5.51. The first-order valence-electron chi connectivity index (χ1n) is 4.71. The van der Waals surface area contributed by atoms with Crippen LogP contribution in [0.2, 0.25) is 0 Å². The molecule has 0 aliphatic carbocycles. The van der Waals surface area contributed by atoms with Gasteiger partial charge in [-0.25, -0.2) is 4.79 Å². The van der Waals surface area contributed by atoms with Gasteiger partial charge in [0.15, 0.2) is 5.69 Å². The third-order valence-electron chi connectivity index (χ3n) is 1.94. The molecule has 7 heteroatoms. The van der Waals surface area contributed by atoms with E-state index in [1.165, 1.54) is 0 Å². The van der Waals surface area contributed by atoms with E-state index in [9.17, 15) is 4.79 Å². The average Bonchev–Trinajstić information content (AvgIpc) is 2.44. The number of carbonyl (C=O) groups is 1. The highest BCUT2D eigenvalue weighted by molar-refractivity contribution is 9.10. The van der Waals surface area contributed by atoms with E-state index in [1.807, 2.05) is 6.92 Å². The fourth-order valence-corrected chi connectivity index (χ4v) is 1.64. The van der Waals surface area contributed by atoms with Gasteiger partial charge in [0.05, 0.1) is 13.2 Å². The second-order valence-electron chi connectivity index (χ2n) is 3.00. The van der Waals surface area contributed by atoms with Gasteiger partial charge in [0.2, 0.25) is 0 Å². The van der Waals surface area contributed by atoms with Crippen molar-refractivity contribution in [2.45, 2.75) is 20.4 Å². The third-order valence-corrected chi connectivity index (χ3v) is 2.69. The predicted octanol–water partition coefficient (Wildman–Crippen LogP) is 1.51. The Morgan fingerprint density at radius 2 is 2.25 bits per heavy atom. The Morgan fingerprint density at radius 3 is 2.75 bits per heavy atom. The van der Waals surface area contributed by atoms with E-state index in [4.69, 9.17) is 10.5 Å². The Morgan fingerprint density at radius 1 is 1.62 bits per heavy atom. The fourth-order valence-electron chi connectivity index (χ4n) is 1.26. The van der Waals surface area contributed by atoms with E-state index in [0.29, 0.717) is 30.0 Å². The molecule has 0 amide bonds. The van der Waals surface area contributed by atoms with E-state index >= 15 is 0 Å². The lowest BCUT2D eigenvalue weighted by molar-refractivity contribution is 0.0511. The van der Waals surface area contributed by atoms with Gasteiger partial charge in [-0.05, 0) is 29.8 Å². The smallest absolute Gasteiger partial charge is 0.356 e. The number of halogens is 2. The minimum Gasteiger partial charge on any atom is -0.461 e. The summed E-state index contributed by atoms with van der Waals surface area (Å²) in [6.07, 6.45) is 0. The molecule has 1 aromatic rings. The zero-order valence-electron chi connectivity index (χ0n) is 9.20. The lowest BCUT2D eigenvalue weighted by atomic mass is 10.3. The van der Waals surface area contributed by atoms with Crippen molar-refractivity contribution in [2.75, 3.05) is 13.2 Å². The topological polar surface area (TPSA) is 70.1 Å².